The zero-order chi connectivity index (χ0) is 14.8. The number of hydrogen-bond acceptors (Lipinski definition) is 4. The average Bonchev–Trinajstić information content (AvgIpc) is 2.53. The standard InChI is InChI=1S/C16H18N4O/c1-11-7-8-14-12(10-11)4-3-9-20(14)16(21)13-5-2-6-15(18-13)19-17/h2,5-8,10H,3-4,9,17H2,1H3,(H,18,19). The van der Waals surface area contributed by atoms with Gasteiger partial charge >= 0.3 is 0 Å². The lowest BCUT2D eigenvalue weighted by Gasteiger charge is -2.29. The Labute approximate surface area is 123 Å². The Bertz CT molecular complexity index is 684. The molecule has 3 rings (SSSR count). The lowest BCUT2D eigenvalue weighted by Crippen LogP contribution is -2.36. The van der Waals surface area contributed by atoms with E-state index in [-0.39, 0.29) is 5.91 Å². The van der Waals surface area contributed by atoms with E-state index in [0.29, 0.717) is 11.5 Å². The number of nitrogens with one attached hydrogen (secondary N) is 1. The van der Waals surface area contributed by atoms with Crippen molar-refractivity contribution >= 4 is 17.4 Å². The number of carbonyl (C=O) groups excluding carboxylic acids is 1. The molecule has 0 atom stereocenters. The molecule has 1 aliphatic heterocycles. The average molecular weight is 282 g/mol. The van der Waals surface area contributed by atoms with Gasteiger partial charge in [0.05, 0.1) is 0 Å². The van der Waals surface area contributed by atoms with E-state index in [2.05, 4.69) is 23.4 Å². The van der Waals surface area contributed by atoms with Gasteiger partial charge in [-0.1, -0.05) is 23.8 Å². The molecule has 3 N–H and O–H groups in total. The van der Waals surface area contributed by atoms with Gasteiger partial charge in [0, 0.05) is 12.2 Å². The smallest absolute Gasteiger partial charge is 0.276 e. The maximum atomic E-state index is 12.7. The van der Waals surface area contributed by atoms with E-state index in [1.54, 1.807) is 23.1 Å². The van der Waals surface area contributed by atoms with Crippen LogP contribution >= 0.6 is 0 Å². The fourth-order valence-corrected chi connectivity index (χ4v) is 2.71. The summed E-state index contributed by atoms with van der Waals surface area (Å²) >= 11 is 0. The number of nitrogens with two attached hydrogens (primary N) is 1. The van der Waals surface area contributed by atoms with Gasteiger partial charge in [-0.2, -0.15) is 0 Å². The van der Waals surface area contributed by atoms with Crippen LogP contribution in [0.1, 0.15) is 28.0 Å². The third-order valence-corrected chi connectivity index (χ3v) is 3.71. The Hall–Kier alpha value is -2.40. The third-order valence-electron chi connectivity index (χ3n) is 3.71. The normalized spacial score (nSPS) is 13.7. The zero-order valence-corrected chi connectivity index (χ0v) is 12.0. The fourth-order valence-electron chi connectivity index (χ4n) is 2.71. The maximum Gasteiger partial charge on any atom is 0.276 e. The van der Waals surface area contributed by atoms with Crippen LogP contribution in [0.15, 0.2) is 36.4 Å². The lowest BCUT2D eigenvalue weighted by molar-refractivity contribution is 0.0980. The molecule has 21 heavy (non-hydrogen) atoms. The van der Waals surface area contributed by atoms with Crippen LogP contribution in [0.5, 0.6) is 0 Å². The quantitative estimate of drug-likeness (QED) is 0.655. The molecule has 5 nitrogen and oxygen atoms in total. The summed E-state index contributed by atoms with van der Waals surface area (Å²) in [7, 11) is 0. The van der Waals surface area contributed by atoms with Gasteiger partial charge in [-0.05, 0) is 43.5 Å². The number of amides is 1. The van der Waals surface area contributed by atoms with Crippen LogP contribution in [0.3, 0.4) is 0 Å². The number of rotatable bonds is 2. The van der Waals surface area contributed by atoms with Crippen LogP contribution in [-0.4, -0.2) is 17.4 Å². The van der Waals surface area contributed by atoms with Gasteiger partial charge in [-0.3, -0.25) is 4.79 Å². The minimum atomic E-state index is -0.0862. The number of aryl methyl sites for hydroxylation is 2. The highest BCUT2D eigenvalue weighted by atomic mass is 16.2. The van der Waals surface area contributed by atoms with E-state index in [1.165, 1.54) is 11.1 Å². The zero-order valence-electron chi connectivity index (χ0n) is 12.0. The first-order valence-corrected chi connectivity index (χ1v) is 7.04. The predicted molar refractivity (Wildman–Crippen MR) is 83.2 cm³/mol. The molecule has 1 aliphatic rings. The molecular formula is C16H18N4O. The molecule has 0 saturated heterocycles. The van der Waals surface area contributed by atoms with Crippen LogP contribution in [0.25, 0.3) is 0 Å². The summed E-state index contributed by atoms with van der Waals surface area (Å²) in [4.78, 5) is 18.7. The minimum absolute atomic E-state index is 0.0862. The van der Waals surface area contributed by atoms with Crippen molar-refractivity contribution in [3.8, 4) is 0 Å². The number of pyridine rings is 1. The topological polar surface area (TPSA) is 71.2 Å². The molecule has 2 aromatic rings. The molecule has 1 aromatic heterocycles. The van der Waals surface area contributed by atoms with Gasteiger partial charge in [0.2, 0.25) is 0 Å². The first kappa shape index (κ1) is 13.6. The molecule has 108 valence electrons. The van der Waals surface area contributed by atoms with Crippen LogP contribution in [0, 0.1) is 6.92 Å². The molecule has 2 heterocycles. The van der Waals surface area contributed by atoms with Crippen molar-refractivity contribution in [1.82, 2.24) is 4.98 Å². The van der Waals surface area contributed by atoms with Gasteiger partial charge in [0.25, 0.3) is 5.91 Å². The van der Waals surface area contributed by atoms with Gasteiger partial charge in [0.1, 0.15) is 11.5 Å². The number of nitrogens with zero attached hydrogens (tertiary/aromatic N) is 2. The van der Waals surface area contributed by atoms with Crippen molar-refractivity contribution in [2.75, 3.05) is 16.9 Å². The molecule has 1 aromatic carbocycles. The largest absolute Gasteiger partial charge is 0.308 e. The number of hydrogen-bond donors (Lipinski definition) is 2. The molecule has 0 fully saturated rings. The highest BCUT2D eigenvalue weighted by Crippen LogP contribution is 2.29. The van der Waals surface area contributed by atoms with Gasteiger partial charge < -0.3 is 10.3 Å². The summed E-state index contributed by atoms with van der Waals surface area (Å²) in [6.07, 6.45) is 1.98. The second-order valence-electron chi connectivity index (χ2n) is 5.24. The predicted octanol–water partition coefficient (Wildman–Crippen LogP) is 2.27. The molecule has 0 bridgehead atoms. The van der Waals surface area contributed by atoms with Crippen LogP contribution in [0.4, 0.5) is 11.5 Å². The van der Waals surface area contributed by atoms with E-state index in [4.69, 9.17) is 5.84 Å². The summed E-state index contributed by atoms with van der Waals surface area (Å²) in [5.74, 6) is 5.75. The van der Waals surface area contributed by atoms with Gasteiger partial charge in [-0.15, -0.1) is 0 Å². The number of aromatic nitrogens is 1. The van der Waals surface area contributed by atoms with Crippen molar-refractivity contribution in [1.29, 1.82) is 0 Å². The summed E-state index contributed by atoms with van der Waals surface area (Å²) < 4.78 is 0. The summed E-state index contributed by atoms with van der Waals surface area (Å²) in [5.41, 5.74) is 6.30. The molecule has 5 heteroatoms. The molecule has 1 amide bonds. The fraction of sp³-hybridized carbons (Fsp3) is 0.250. The van der Waals surface area contributed by atoms with E-state index < -0.39 is 0 Å². The van der Waals surface area contributed by atoms with Crippen molar-refractivity contribution in [3.63, 3.8) is 0 Å². The number of nitrogen functional groups attached to an aromatic ring is 1. The number of anilines is 2. The van der Waals surface area contributed by atoms with E-state index >= 15 is 0 Å². The molecule has 0 spiro atoms. The van der Waals surface area contributed by atoms with Crippen molar-refractivity contribution in [2.45, 2.75) is 19.8 Å². The Morgan fingerprint density at radius 1 is 1.33 bits per heavy atom. The molecule has 0 saturated carbocycles. The van der Waals surface area contributed by atoms with Crippen LogP contribution < -0.4 is 16.2 Å². The monoisotopic (exact) mass is 282 g/mol. The SMILES string of the molecule is Cc1ccc2c(c1)CCCN2C(=O)c1cccc(NN)n1. The number of carbonyl (C=O) groups is 1. The first-order valence-electron chi connectivity index (χ1n) is 7.04. The summed E-state index contributed by atoms with van der Waals surface area (Å²) in [6, 6.07) is 11.4. The Kier molecular flexibility index (Phi) is 3.58. The van der Waals surface area contributed by atoms with Crippen molar-refractivity contribution < 1.29 is 4.79 Å². The van der Waals surface area contributed by atoms with Gasteiger partial charge in [0.15, 0.2) is 0 Å². The first-order chi connectivity index (χ1) is 10.2. The lowest BCUT2D eigenvalue weighted by atomic mass is 9.99. The number of benzene rings is 1. The Morgan fingerprint density at radius 3 is 3.00 bits per heavy atom. The summed E-state index contributed by atoms with van der Waals surface area (Å²) in [5, 5.41) is 0. The second kappa shape index (κ2) is 5.54. The highest BCUT2D eigenvalue weighted by Gasteiger charge is 2.24. The van der Waals surface area contributed by atoms with Gasteiger partial charge in [-0.25, -0.2) is 10.8 Å². The number of hydrazine groups is 1. The molecule has 0 unspecified atom stereocenters. The van der Waals surface area contributed by atoms with E-state index in [1.807, 2.05) is 12.1 Å². The third kappa shape index (κ3) is 2.60. The Balaban J connectivity index is 1.96. The van der Waals surface area contributed by atoms with Crippen molar-refractivity contribution in [3.05, 3.63) is 53.2 Å². The molecule has 0 radical (unpaired) electrons. The highest BCUT2D eigenvalue weighted by molar-refractivity contribution is 6.05. The van der Waals surface area contributed by atoms with E-state index in [0.717, 1.165) is 25.1 Å². The van der Waals surface area contributed by atoms with Crippen molar-refractivity contribution in [2.24, 2.45) is 5.84 Å². The maximum absolute atomic E-state index is 12.7. The molecule has 0 aliphatic carbocycles. The summed E-state index contributed by atoms with van der Waals surface area (Å²) in [6.45, 7) is 2.79. The Morgan fingerprint density at radius 2 is 2.19 bits per heavy atom. The molecular weight excluding hydrogens is 264 g/mol. The number of fused-ring (bicyclic) bond motifs is 1. The van der Waals surface area contributed by atoms with Crippen LogP contribution in [-0.2, 0) is 6.42 Å². The minimum Gasteiger partial charge on any atom is -0.308 e. The second-order valence-corrected chi connectivity index (χ2v) is 5.24. The van der Waals surface area contributed by atoms with E-state index in [9.17, 15) is 4.79 Å². The van der Waals surface area contributed by atoms with Crippen LogP contribution in [0.2, 0.25) is 0 Å².